The van der Waals surface area contributed by atoms with Crippen molar-refractivity contribution in [3.63, 3.8) is 0 Å². The van der Waals surface area contributed by atoms with E-state index in [1.165, 1.54) is 0 Å². The molecule has 0 saturated heterocycles. The highest BCUT2D eigenvalue weighted by molar-refractivity contribution is 5.72. The predicted molar refractivity (Wildman–Crippen MR) is 53.5 cm³/mol. The van der Waals surface area contributed by atoms with E-state index in [9.17, 15) is 4.91 Å². The van der Waals surface area contributed by atoms with Crippen LogP contribution in [0.4, 0.5) is 5.69 Å². The van der Waals surface area contributed by atoms with Gasteiger partial charge in [-0.05, 0) is 22.9 Å². The zero-order valence-corrected chi connectivity index (χ0v) is 7.40. The number of likely N-dealkylation sites (N-methyl/N-ethyl adjacent to an activating group) is 1. The van der Waals surface area contributed by atoms with Gasteiger partial charge in [-0.1, -0.05) is 18.2 Å². The Morgan fingerprint density at radius 2 is 2.15 bits per heavy atom. The molecule has 2 rings (SSSR count). The molecule has 1 aliphatic heterocycles. The minimum absolute atomic E-state index is 0.584. The van der Waals surface area contributed by atoms with Gasteiger partial charge in [0.25, 0.3) is 0 Å². The van der Waals surface area contributed by atoms with E-state index in [4.69, 9.17) is 0 Å². The third kappa shape index (κ3) is 1.33. The van der Waals surface area contributed by atoms with Crippen molar-refractivity contribution in [3.8, 4) is 0 Å². The third-order valence-corrected chi connectivity index (χ3v) is 2.19. The molecule has 0 fully saturated rings. The van der Waals surface area contributed by atoms with Crippen LogP contribution in [0.5, 0.6) is 0 Å². The van der Waals surface area contributed by atoms with Gasteiger partial charge in [0.05, 0.1) is 6.54 Å². The van der Waals surface area contributed by atoms with E-state index < -0.39 is 0 Å². The lowest BCUT2D eigenvalue weighted by Crippen LogP contribution is -2.23. The summed E-state index contributed by atoms with van der Waals surface area (Å²) in [7, 11) is 1.96. The molecule has 1 aliphatic rings. The third-order valence-electron chi connectivity index (χ3n) is 2.19. The van der Waals surface area contributed by atoms with Gasteiger partial charge in [-0.25, -0.2) is 0 Å². The van der Waals surface area contributed by atoms with Crippen molar-refractivity contribution in [1.29, 1.82) is 0 Å². The lowest BCUT2D eigenvalue weighted by atomic mass is 10.1. The molecule has 1 aromatic carbocycles. The Hall–Kier alpha value is -1.64. The average molecular weight is 174 g/mol. The van der Waals surface area contributed by atoms with Gasteiger partial charge >= 0.3 is 0 Å². The van der Waals surface area contributed by atoms with Gasteiger partial charge in [0.1, 0.15) is 5.70 Å². The second kappa shape index (κ2) is 3.01. The van der Waals surface area contributed by atoms with Gasteiger partial charge in [-0.15, -0.1) is 4.91 Å². The smallest absolute Gasteiger partial charge is 0.105 e. The number of para-hydroxylation sites is 1. The summed E-state index contributed by atoms with van der Waals surface area (Å²) in [5.74, 6) is 0. The van der Waals surface area contributed by atoms with Crippen molar-refractivity contribution in [3.05, 3.63) is 40.4 Å². The number of hydrogen-bond donors (Lipinski definition) is 0. The zero-order valence-electron chi connectivity index (χ0n) is 7.40. The Bertz CT molecular complexity index is 371. The first-order valence-electron chi connectivity index (χ1n) is 4.15. The van der Waals surface area contributed by atoms with Crippen LogP contribution in [0.3, 0.4) is 0 Å². The molecule has 0 unspecified atom stereocenters. The molecule has 1 heterocycles. The van der Waals surface area contributed by atoms with Gasteiger partial charge in [0.15, 0.2) is 0 Å². The minimum Gasteiger partial charge on any atom is -0.368 e. The Morgan fingerprint density at radius 3 is 2.92 bits per heavy atom. The molecular weight excluding hydrogens is 164 g/mol. The predicted octanol–water partition coefficient (Wildman–Crippen LogP) is 2.24. The summed E-state index contributed by atoms with van der Waals surface area (Å²) in [6.45, 7) is 0.598. The van der Waals surface area contributed by atoms with Crippen molar-refractivity contribution in [2.24, 2.45) is 5.18 Å². The SMILES string of the molecule is CN1CC(N=O)=Cc2ccccc21. The summed E-state index contributed by atoms with van der Waals surface area (Å²) in [5.41, 5.74) is 2.79. The highest BCUT2D eigenvalue weighted by atomic mass is 16.3. The van der Waals surface area contributed by atoms with Crippen LogP contribution >= 0.6 is 0 Å². The molecule has 13 heavy (non-hydrogen) atoms. The van der Waals surface area contributed by atoms with Gasteiger partial charge in [0.2, 0.25) is 0 Å². The van der Waals surface area contributed by atoms with E-state index in [0.29, 0.717) is 12.2 Å². The first-order chi connectivity index (χ1) is 6.31. The van der Waals surface area contributed by atoms with Crippen LogP contribution in [-0.4, -0.2) is 13.6 Å². The molecular formula is C10H10N2O. The zero-order chi connectivity index (χ0) is 9.26. The number of benzene rings is 1. The maximum atomic E-state index is 10.4. The monoisotopic (exact) mass is 174 g/mol. The molecule has 0 aliphatic carbocycles. The largest absolute Gasteiger partial charge is 0.368 e. The fraction of sp³-hybridized carbons (Fsp3) is 0.200. The molecule has 0 radical (unpaired) electrons. The highest BCUT2D eigenvalue weighted by Crippen LogP contribution is 2.27. The number of fused-ring (bicyclic) bond motifs is 1. The Labute approximate surface area is 76.7 Å². The van der Waals surface area contributed by atoms with Crippen LogP contribution in [0.25, 0.3) is 6.08 Å². The van der Waals surface area contributed by atoms with Crippen molar-refractivity contribution in [1.82, 2.24) is 0 Å². The summed E-state index contributed by atoms with van der Waals surface area (Å²) in [5, 5.41) is 2.97. The Balaban J connectivity index is 2.52. The van der Waals surface area contributed by atoms with Crippen LogP contribution < -0.4 is 4.90 Å². The van der Waals surface area contributed by atoms with Crippen LogP contribution in [-0.2, 0) is 0 Å². The first-order valence-corrected chi connectivity index (χ1v) is 4.15. The number of nitroso groups, excluding NO2 is 1. The topological polar surface area (TPSA) is 32.7 Å². The van der Waals surface area contributed by atoms with Crippen molar-refractivity contribution >= 4 is 11.8 Å². The number of rotatable bonds is 1. The molecule has 0 N–H and O–H groups in total. The lowest BCUT2D eigenvalue weighted by molar-refractivity contribution is 0.956. The minimum atomic E-state index is 0.584. The molecule has 3 nitrogen and oxygen atoms in total. The van der Waals surface area contributed by atoms with E-state index in [1.807, 2.05) is 42.3 Å². The van der Waals surface area contributed by atoms with Gasteiger partial charge in [-0.2, -0.15) is 0 Å². The fourth-order valence-corrected chi connectivity index (χ4v) is 1.57. The number of nitrogens with zero attached hydrogens (tertiary/aromatic N) is 2. The molecule has 0 saturated carbocycles. The summed E-state index contributed by atoms with van der Waals surface area (Å²) < 4.78 is 0. The molecule has 66 valence electrons. The summed E-state index contributed by atoms with van der Waals surface area (Å²) >= 11 is 0. The quantitative estimate of drug-likeness (QED) is 0.611. The van der Waals surface area contributed by atoms with Crippen molar-refractivity contribution in [2.75, 3.05) is 18.5 Å². The van der Waals surface area contributed by atoms with E-state index in [1.54, 1.807) is 0 Å². The van der Waals surface area contributed by atoms with E-state index in [2.05, 4.69) is 5.18 Å². The van der Waals surface area contributed by atoms with E-state index >= 15 is 0 Å². The Morgan fingerprint density at radius 1 is 1.38 bits per heavy atom. The molecule has 0 spiro atoms. The van der Waals surface area contributed by atoms with Gasteiger partial charge in [0, 0.05) is 12.7 Å². The van der Waals surface area contributed by atoms with Gasteiger partial charge < -0.3 is 4.90 Å². The van der Waals surface area contributed by atoms with Crippen LogP contribution in [0.1, 0.15) is 5.56 Å². The van der Waals surface area contributed by atoms with Crippen LogP contribution in [0, 0.1) is 4.91 Å². The number of anilines is 1. The first kappa shape index (κ1) is 7.98. The second-order valence-electron chi connectivity index (χ2n) is 3.14. The van der Waals surface area contributed by atoms with Crippen molar-refractivity contribution < 1.29 is 0 Å². The molecule has 0 aromatic heterocycles. The maximum absolute atomic E-state index is 10.4. The van der Waals surface area contributed by atoms with Gasteiger partial charge in [-0.3, -0.25) is 0 Å². The summed E-state index contributed by atoms with van der Waals surface area (Å²) in [6, 6.07) is 7.96. The lowest BCUT2D eigenvalue weighted by Gasteiger charge is -2.24. The molecule has 1 aromatic rings. The standard InChI is InChI=1S/C10H10N2O/c1-12-7-9(11-13)6-8-4-2-3-5-10(8)12/h2-6H,7H2,1H3. The molecule has 0 bridgehead atoms. The second-order valence-corrected chi connectivity index (χ2v) is 3.14. The Kier molecular flexibility index (Phi) is 1.85. The van der Waals surface area contributed by atoms with E-state index in [0.717, 1.165) is 11.3 Å². The molecule has 0 amide bonds. The maximum Gasteiger partial charge on any atom is 0.105 e. The van der Waals surface area contributed by atoms with Crippen LogP contribution in [0.2, 0.25) is 0 Å². The van der Waals surface area contributed by atoms with Crippen LogP contribution in [0.15, 0.2) is 35.1 Å². The highest BCUT2D eigenvalue weighted by Gasteiger charge is 2.13. The number of hydrogen-bond acceptors (Lipinski definition) is 3. The molecule has 0 atom stereocenters. The molecule has 3 heteroatoms. The van der Waals surface area contributed by atoms with Crippen molar-refractivity contribution in [2.45, 2.75) is 0 Å². The average Bonchev–Trinajstić information content (AvgIpc) is 2.18. The van der Waals surface area contributed by atoms with E-state index in [-0.39, 0.29) is 0 Å². The summed E-state index contributed by atoms with van der Waals surface area (Å²) in [6.07, 6.45) is 1.84. The fourth-order valence-electron chi connectivity index (χ4n) is 1.57. The normalized spacial score (nSPS) is 14.8. The summed E-state index contributed by atoms with van der Waals surface area (Å²) in [4.78, 5) is 12.4.